The number of hydrogen-bond acceptors (Lipinski definition) is 3. The summed E-state index contributed by atoms with van der Waals surface area (Å²) in [5.41, 5.74) is 0.997. The number of sulfonamides is 1. The molecule has 0 radical (unpaired) electrons. The monoisotopic (exact) mass is 408 g/mol. The number of carbonyl (C=O) groups excluding carboxylic acids is 1. The summed E-state index contributed by atoms with van der Waals surface area (Å²) in [6.45, 7) is 10.3. The van der Waals surface area contributed by atoms with E-state index in [1.54, 1.807) is 16.4 Å². The summed E-state index contributed by atoms with van der Waals surface area (Å²) in [4.78, 5) is 14.9. The van der Waals surface area contributed by atoms with E-state index in [1.807, 2.05) is 30.9 Å². The lowest BCUT2D eigenvalue weighted by Crippen LogP contribution is -2.39. The highest BCUT2D eigenvalue weighted by Gasteiger charge is 2.25. The van der Waals surface area contributed by atoms with Crippen molar-refractivity contribution in [3.05, 3.63) is 29.8 Å². The van der Waals surface area contributed by atoms with Crippen LogP contribution in [0.15, 0.2) is 29.2 Å². The Morgan fingerprint density at radius 3 is 2.07 bits per heavy atom. The van der Waals surface area contributed by atoms with E-state index < -0.39 is 10.0 Å². The van der Waals surface area contributed by atoms with Gasteiger partial charge in [0.05, 0.1) is 4.90 Å². The van der Waals surface area contributed by atoms with Gasteiger partial charge in [-0.25, -0.2) is 8.42 Å². The van der Waals surface area contributed by atoms with E-state index in [4.69, 9.17) is 0 Å². The first-order valence-corrected chi connectivity index (χ1v) is 12.0. The number of aryl methyl sites for hydroxylation is 1. The van der Waals surface area contributed by atoms with Crippen molar-refractivity contribution in [2.24, 2.45) is 5.92 Å². The van der Waals surface area contributed by atoms with Crippen LogP contribution < -0.4 is 0 Å². The van der Waals surface area contributed by atoms with Gasteiger partial charge in [0, 0.05) is 32.1 Å². The highest BCUT2D eigenvalue weighted by molar-refractivity contribution is 7.89. The number of benzene rings is 1. The third kappa shape index (κ3) is 6.31. The Bertz CT molecular complexity index is 719. The van der Waals surface area contributed by atoms with Crippen LogP contribution in [0.1, 0.15) is 65.4 Å². The van der Waals surface area contributed by atoms with Crippen LogP contribution in [0.5, 0.6) is 0 Å². The average molecular weight is 409 g/mol. The van der Waals surface area contributed by atoms with Crippen LogP contribution in [-0.2, 0) is 21.2 Å². The normalized spacial score (nSPS) is 16.4. The minimum Gasteiger partial charge on any atom is -0.340 e. The molecule has 2 rings (SSSR count). The zero-order chi connectivity index (χ0) is 20.7. The van der Waals surface area contributed by atoms with Crippen LogP contribution in [0.25, 0.3) is 0 Å². The van der Waals surface area contributed by atoms with Gasteiger partial charge in [-0.05, 0) is 56.7 Å². The van der Waals surface area contributed by atoms with Crippen molar-refractivity contribution < 1.29 is 13.2 Å². The molecular formula is C22H36N2O3S. The van der Waals surface area contributed by atoms with Crippen molar-refractivity contribution in [1.82, 2.24) is 9.21 Å². The van der Waals surface area contributed by atoms with Gasteiger partial charge in [0.15, 0.2) is 0 Å². The molecule has 1 fully saturated rings. The van der Waals surface area contributed by atoms with Crippen LogP contribution in [0.3, 0.4) is 0 Å². The average Bonchev–Trinajstić information content (AvgIpc) is 2.94. The fourth-order valence-corrected chi connectivity index (χ4v) is 5.17. The van der Waals surface area contributed by atoms with Crippen molar-refractivity contribution in [1.29, 1.82) is 0 Å². The fraction of sp³-hybridized carbons (Fsp3) is 0.682. The first-order valence-electron chi connectivity index (χ1n) is 10.6. The molecule has 0 bridgehead atoms. The summed E-state index contributed by atoms with van der Waals surface area (Å²) in [5.74, 6) is 0.597. The molecule has 5 nitrogen and oxygen atoms in total. The van der Waals surface area contributed by atoms with Crippen molar-refractivity contribution in [2.75, 3.05) is 19.6 Å². The fourth-order valence-electron chi connectivity index (χ4n) is 3.65. The predicted molar refractivity (Wildman–Crippen MR) is 114 cm³/mol. The lowest BCUT2D eigenvalue weighted by atomic mass is 10.1. The second-order valence-corrected chi connectivity index (χ2v) is 10.4. The van der Waals surface area contributed by atoms with E-state index in [1.165, 1.54) is 0 Å². The van der Waals surface area contributed by atoms with Crippen LogP contribution in [0.2, 0.25) is 0 Å². The molecule has 1 aliphatic rings. The van der Waals surface area contributed by atoms with Gasteiger partial charge in [-0.2, -0.15) is 4.31 Å². The molecule has 1 saturated heterocycles. The third-order valence-electron chi connectivity index (χ3n) is 5.26. The largest absolute Gasteiger partial charge is 0.340 e. The number of rotatable bonds is 8. The summed E-state index contributed by atoms with van der Waals surface area (Å²) in [7, 11) is -3.41. The van der Waals surface area contributed by atoms with Gasteiger partial charge < -0.3 is 4.90 Å². The molecular weight excluding hydrogens is 372 g/mol. The number of amides is 1. The number of nitrogens with zero attached hydrogens (tertiary/aromatic N) is 2. The molecule has 0 saturated carbocycles. The molecule has 1 aromatic rings. The summed E-state index contributed by atoms with van der Waals surface area (Å²) in [6.07, 6.45) is 5.14. The van der Waals surface area contributed by atoms with Gasteiger partial charge in [0.1, 0.15) is 0 Å². The molecule has 0 aromatic heterocycles. The van der Waals surface area contributed by atoms with E-state index in [0.29, 0.717) is 36.7 Å². The molecule has 28 heavy (non-hydrogen) atoms. The van der Waals surface area contributed by atoms with Crippen molar-refractivity contribution in [3.8, 4) is 0 Å². The summed E-state index contributed by atoms with van der Waals surface area (Å²) in [6, 6.07) is 7.26. The van der Waals surface area contributed by atoms with E-state index >= 15 is 0 Å². The molecule has 1 heterocycles. The van der Waals surface area contributed by atoms with Gasteiger partial charge in [-0.1, -0.05) is 38.8 Å². The highest BCUT2D eigenvalue weighted by Crippen LogP contribution is 2.21. The second kappa shape index (κ2) is 10.4. The van der Waals surface area contributed by atoms with Gasteiger partial charge in [-0.3, -0.25) is 4.79 Å². The molecule has 0 N–H and O–H groups in total. The van der Waals surface area contributed by atoms with Crippen molar-refractivity contribution in [2.45, 2.75) is 77.2 Å². The molecule has 6 heteroatoms. The van der Waals surface area contributed by atoms with Gasteiger partial charge in [0.2, 0.25) is 15.9 Å². The van der Waals surface area contributed by atoms with Crippen LogP contribution >= 0.6 is 0 Å². The minimum absolute atomic E-state index is 0.157. The zero-order valence-electron chi connectivity index (χ0n) is 17.9. The Morgan fingerprint density at radius 1 is 1.00 bits per heavy atom. The molecule has 1 aromatic carbocycles. The second-order valence-electron chi connectivity index (χ2n) is 8.50. The maximum Gasteiger partial charge on any atom is 0.243 e. The van der Waals surface area contributed by atoms with Crippen molar-refractivity contribution >= 4 is 15.9 Å². The Kier molecular flexibility index (Phi) is 8.50. The maximum atomic E-state index is 12.8. The minimum atomic E-state index is -3.41. The number of carbonyl (C=O) groups is 1. The molecule has 1 amide bonds. The predicted octanol–water partition coefficient (Wildman–Crippen LogP) is 4.08. The van der Waals surface area contributed by atoms with Gasteiger partial charge in [-0.15, -0.1) is 0 Å². The van der Waals surface area contributed by atoms with Gasteiger partial charge in [0.25, 0.3) is 0 Å². The molecule has 0 atom stereocenters. The summed E-state index contributed by atoms with van der Waals surface area (Å²) < 4.78 is 27.3. The van der Waals surface area contributed by atoms with Crippen molar-refractivity contribution in [3.63, 3.8) is 0 Å². The SMILES string of the molecule is CC(C)CN(C(=O)CCc1ccc(S(=O)(=O)N2CCCCCC2)cc1)C(C)C. The Hall–Kier alpha value is -1.40. The zero-order valence-corrected chi connectivity index (χ0v) is 18.7. The summed E-state index contributed by atoms with van der Waals surface area (Å²) in [5, 5.41) is 0. The third-order valence-corrected chi connectivity index (χ3v) is 7.17. The van der Waals surface area contributed by atoms with E-state index in [0.717, 1.165) is 37.8 Å². The number of hydrogen-bond donors (Lipinski definition) is 0. The quantitative estimate of drug-likeness (QED) is 0.651. The molecule has 1 aliphatic heterocycles. The first kappa shape index (κ1) is 22.9. The lowest BCUT2D eigenvalue weighted by Gasteiger charge is -2.28. The van der Waals surface area contributed by atoms with E-state index in [9.17, 15) is 13.2 Å². The smallest absolute Gasteiger partial charge is 0.243 e. The Morgan fingerprint density at radius 2 is 1.57 bits per heavy atom. The Labute approximate surface area is 171 Å². The first-order chi connectivity index (χ1) is 13.2. The van der Waals surface area contributed by atoms with Gasteiger partial charge >= 0.3 is 0 Å². The topological polar surface area (TPSA) is 57.7 Å². The molecule has 0 unspecified atom stereocenters. The van der Waals surface area contributed by atoms with Crippen LogP contribution in [-0.4, -0.2) is 49.2 Å². The Balaban J connectivity index is 1.99. The van der Waals surface area contributed by atoms with Crippen LogP contribution in [0.4, 0.5) is 0 Å². The molecule has 0 spiro atoms. The highest BCUT2D eigenvalue weighted by atomic mass is 32.2. The summed E-state index contributed by atoms with van der Waals surface area (Å²) >= 11 is 0. The maximum absolute atomic E-state index is 12.8. The molecule has 158 valence electrons. The molecule has 0 aliphatic carbocycles. The standard InChI is InChI=1S/C22H36N2O3S/c1-18(2)17-24(19(3)4)22(25)14-11-20-9-12-21(13-10-20)28(26,27)23-15-7-5-6-8-16-23/h9-10,12-13,18-19H,5-8,11,14-17H2,1-4H3. The lowest BCUT2D eigenvalue weighted by molar-refractivity contribution is -0.133. The van der Waals surface area contributed by atoms with Crippen LogP contribution in [0, 0.1) is 5.92 Å². The van der Waals surface area contributed by atoms with E-state index in [-0.39, 0.29) is 11.9 Å². The van der Waals surface area contributed by atoms with E-state index in [2.05, 4.69) is 13.8 Å².